The molecule has 3 rings (SSSR count). The third-order valence-corrected chi connectivity index (χ3v) is 3.19. The monoisotopic (exact) mass is 230 g/mol. The molecule has 4 heteroatoms. The molecular weight excluding hydrogens is 216 g/mol. The lowest BCUT2D eigenvalue weighted by Crippen LogP contribution is -1.89. The smallest absolute Gasteiger partial charge is 0.231 e. The Morgan fingerprint density at radius 3 is 3.00 bits per heavy atom. The first-order valence-electron chi connectivity index (χ1n) is 5.83. The van der Waals surface area contributed by atoms with E-state index in [1.165, 1.54) is 0 Å². The summed E-state index contributed by atoms with van der Waals surface area (Å²) in [5.41, 5.74) is 0.976. The quantitative estimate of drug-likeness (QED) is 0.880. The lowest BCUT2D eigenvalue weighted by atomic mass is 10.1. The predicted molar refractivity (Wildman–Crippen MR) is 61.7 cm³/mol. The molecule has 1 heterocycles. The van der Waals surface area contributed by atoms with Crippen LogP contribution in [0.25, 0.3) is 0 Å². The summed E-state index contributed by atoms with van der Waals surface area (Å²) < 4.78 is 5.22. The summed E-state index contributed by atoms with van der Waals surface area (Å²) in [6, 6.07) is 7.10. The molecule has 0 bridgehead atoms. The summed E-state index contributed by atoms with van der Waals surface area (Å²) in [6.07, 6.45) is 1.73. The molecule has 0 radical (unpaired) electrons. The van der Waals surface area contributed by atoms with E-state index in [-0.39, 0.29) is 5.75 Å². The van der Waals surface area contributed by atoms with E-state index >= 15 is 0 Å². The van der Waals surface area contributed by atoms with Gasteiger partial charge in [-0.1, -0.05) is 24.2 Å². The lowest BCUT2D eigenvalue weighted by Gasteiger charge is -1.96. The molecule has 1 saturated carbocycles. The van der Waals surface area contributed by atoms with Crippen molar-refractivity contribution in [3.05, 3.63) is 41.5 Å². The number of nitrogens with zero attached hydrogens (tertiary/aromatic N) is 2. The predicted octanol–water partition coefficient (Wildman–Crippen LogP) is 2.49. The lowest BCUT2D eigenvalue weighted by molar-refractivity contribution is 0.379. The molecule has 0 saturated heterocycles. The Bertz CT molecular complexity index is 536. The Balaban J connectivity index is 1.75. The second kappa shape index (κ2) is 3.87. The van der Waals surface area contributed by atoms with Crippen molar-refractivity contribution < 1.29 is 9.63 Å². The van der Waals surface area contributed by atoms with Crippen LogP contribution in [0.1, 0.15) is 36.5 Å². The molecule has 17 heavy (non-hydrogen) atoms. The van der Waals surface area contributed by atoms with Crippen LogP contribution in [-0.4, -0.2) is 15.2 Å². The first kappa shape index (κ1) is 10.3. The molecule has 1 N–H and O–H groups in total. The molecule has 2 atom stereocenters. The fraction of sp³-hybridized carbons (Fsp3) is 0.385. The minimum absolute atomic E-state index is 0.262. The van der Waals surface area contributed by atoms with Gasteiger partial charge in [0.05, 0.1) is 6.42 Å². The average molecular weight is 230 g/mol. The maximum Gasteiger partial charge on any atom is 0.231 e. The molecule has 2 unspecified atom stereocenters. The van der Waals surface area contributed by atoms with Gasteiger partial charge in [-0.15, -0.1) is 0 Å². The number of benzene rings is 1. The minimum Gasteiger partial charge on any atom is -0.508 e. The molecule has 1 aromatic carbocycles. The summed E-state index contributed by atoms with van der Waals surface area (Å²) in [6.45, 7) is 2.19. The van der Waals surface area contributed by atoms with Gasteiger partial charge < -0.3 is 9.63 Å². The SMILES string of the molecule is CC1CC1c1noc(Cc2cccc(O)c2)n1. The summed E-state index contributed by atoms with van der Waals surface area (Å²) in [5.74, 6) is 2.87. The van der Waals surface area contributed by atoms with Gasteiger partial charge in [-0.25, -0.2) is 0 Å². The second-order valence-corrected chi connectivity index (χ2v) is 4.71. The average Bonchev–Trinajstić information content (AvgIpc) is 2.85. The van der Waals surface area contributed by atoms with E-state index in [4.69, 9.17) is 4.52 Å². The number of phenols is 1. The van der Waals surface area contributed by atoms with Crippen molar-refractivity contribution in [2.24, 2.45) is 5.92 Å². The third kappa shape index (κ3) is 2.16. The van der Waals surface area contributed by atoms with Gasteiger partial charge in [0.1, 0.15) is 5.75 Å². The van der Waals surface area contributed by atoms with E-state index in [0.29, 0.717) is 24.1 Å². The fourth-order valence-corrected chi connectivity index (χ4v) is 2.01. The van der Waals surface area contributed by atoms with Gasteiger partial charge >= 0.3 is 0 Å². The third-order valence-electron chi connectivity index (χ3n) is 3.19. The number of rotatable bonds is 3. The first-order valence-corrected chi connectivity index (χ1v) is 5.83. The van der Waals surface area contributed by atoms with Crippen LogP contribution in [0.2, 0.25) is 0 Å². The van der Waals surface area contributed by atoms with Crippen LogP contribution in [0.5, 0.6) is 5.75 Å². The summed E-state index contributed by atoms with van der Waals surface area (Å²) in [5, 5.41) is 13.4. The molecule has 1 aliphatic rings. The van der Waals surface area contributed by atoms with Gasteiger partial charge in [-0.2, -0.15) is 4.98 Å². The molecule has 0 aliphatic heterocycles. The van der Waals surface area contributed by atoms with Gasteiger partial charge in [0, 0.05) is 5.92 Å². The van der Waals surface area contributed by atoms with Crippen LogP contribution in [0.4, 0.5) is 0 Å². The van der Waals surface area contributed by atoms with Crippen molar-refractivity contribution in [1.29, 1.82) is 0 Å². The van der Waals surface area contributed by atoms with Gasteiger partial charge in [-0.3, -0.25) is 0 Å². The molecule has 1 aliphatic carbocycles. The Morgan fingerprint density at radius 1 is 1.47 bits per heavy atom. The number of phenolic OH excluding ortho intramolecular Hbond substituents is 1. The summed E-state index contributed by atoms with van der Waals surface area (Å²) in [4.78, 5) is 4.39. The van der Waals surface area contributed by atoms with Gasteiger partial charge in [0.25, 0.3) is 0 Å². The minimum atomic E-state index is 0.262. The molecule has 0 amide bonds. The zero-order chi connectivity index (χ0) is 11.8. The van der Waals surface area contributed by atoms with Crippen molar-refractivity contribution in [1.82, 2.24) is 10.1 Å². The number of hydrogen-bond donors (Lipinski definition) is 1. The summed E-state index contributed by atoms with van der Waals surface area (Å²) >= 11 is 0. The van der Waals surface area contributed by atoms with E-state index in [9.17, 15) is 5.11 Å². The van der Waals surface area contributed by atoms with Crippen molar-refractivity contribution in [2.75, 3.05) is 0 Å². The van der Waals surface area contributed by atoms with E-state index < -0.39 is 0 Å². The summed E-state index contributed by atoms with van der Waals surface area (Å²) in [7, 11) is 0. The molecule has 2 aromatic rings. The number of aromatic nitrogens is 2. The number of aromatic hydroxyl groups is 1. The van der Waals surface area contributed by atoms with Gasteiger partial charge in [0.2, 0.25) is 5.89 Å². The van der Waals surface area contributed by atoms with Crippen LogP contribution >= 0.6 is 0 Å². The van der Waals surface area contributed by atoms with Crippen molar-refractivity contribution in [2.45, 2.75) is 25.7 Å². The molecule has 4 nitrogen and oxygen atoms in total. The maximum atomic E-state index is 9.36. The largest absolute Gasteiger partial charge is 0.508 e. The highest BCUT2D eigenvalue weighted by molar-refractivity contribution is 5.28. The van der Waals surface area contributed by atoms with Crippen LogP contribution in [0, 0.1) is 5.92 Å². The highest BCUT2D eigenvalue weighted by Crippen LogP contribution is 2.45. The fourth-order valence-electron chi connectivity index (χ4n) is 2.01. The van der Waals surface area contributed by atoms with Gasteiger partial charge in [0.15, 0.2) is 5.82 Å². The van der Waals surface area contributed by atoms with Crippen LogP contribution < -0.4 is 0 Å². The van der Waals surface area contributed by atoms with E-state index in [1.54, 1.807) is 12.1 Å². The Kier molecular flexibility index (Phi) is 2.35. The van der Waals surface area contributed by atoms with Crippen LogP contribution in [0.15, 0.2) is 28.8 Å². The van der Waals surface area contributed by atoms with E-state index in [1.807, 2.05) is 12.1 Å². The topological polar surface area (TPSA) is 59.2 Å². The zero-order valence-corrected chi connectivity index (χ0v) is 9.63. The molecule has 1 aromatic heterocycles. The van der Waals surface area contributed by atoms with E-state index in [2.05, 4.69) is 17.1 Å². The van der Waals surface area contributed by atoms with Crippen molar-refractivity contribution >= 4 is 0 Å². The van der Waals surface area contributed by atoms with E-state index in [0.717, 1.165) is 17.8 Å². The first-order chi connectivity index (χ1) is 8.22. The Labute approximate surface area is 99.3 Å². The Morgan fingerprint density at radius 2 is 2.29 bits per heavy atom. The van der Waals surface area contributed by atoms with Crippen molar-refractivity contribution in [3.63, 3.8) is 0 Å². The van der Waals surface area contributed by atoms with Crippen LogP contribution in [0.3, 0.4) is 0 Å². The van der Waals surface area contributed by atoms with Crippen molar-refractivity contribution in [3.8, 4) is 5.75 Å². The van der Waals surface area contributed by atoms with Crippen LogP contribution in [-0.2, 0) is 6.42 Å². The molecular formula is C13H14N2O2. The molecule has 0 spiro atoms. The normalized spacial score (nSPS) is 22.6. The molecule has 1 fully saturated rings. The van der Waals surface area contributed by atoms with Gasteiger partial charge in [-0.05, 0) is 30.0 Å². The zero-order valence-electron chi connectivity index (χ0n) is 9.63. The maximum absolute atomic E-state index is 9.36. The molecule has 88 valence electrons. The Hall–Kier alpha value is -1.84. The highest BCUT2D eigenvalue weighted by atomic mass is 16.5. The highest BCUT2D eigenvalue weighted by Gasteiger charge is 2.37. The number of hydrogen-bond acceptors (Lipinski definition) is 4. The standard InChI is InChI=1S/C13H14N2O2/c1-8-5-11(8)13-14-12(17-15-13)7-9-3-2-4-10(16)6-9/h2-4,6,8,11,16H,5,7H2,1H3. The second-order valence-electron chi connectivity index (χ2n) is 4.71.